The van der Waals surface area contributed by atoms with Crippen LogP contribution in [0.5, 0.6) is 0 Å². The Balaban J connectivity index is 4.46. The molecule has 0 heterocycles. The molecule has 0 aliphatic carbocycles. The van der Waals surface area contributed by atoms with E-state index in [1.54, 1.807) is 11.8 Å². The number of amides is 1. The van der Waals surface area contributed by atoms with Gasteiger partial charge in [0.1, 0.15) is 0 Å². The molecule has 0 saturated carbocycles. The molecule has 15 heavy (non-hydrogen) atoms. The van der Waals surface area contributed by atoms with Crippen LogP contribution in [0.3, 0.4) is 0 Å². The quantitative estimate of drug-likeness (QED) is 0.715. The van der Waals surface area contributed by atoms with Gasteiger partial charge in [0, 0.05) is 13.1 Å². The lowest BCUT2D eigenvalue weighted by atomic mass is 10.3. The van der Waals surface area contributed by atoms with E-state index in [0.29, 0.717) is 13.1 Å². The van der Waals surface area contributed by atoms with Crippen LogP contribution in [-0.4, -0.2) is 44.1 Å². The Hall–Kier alpha value is -0.620. The van der Waals surface area contributed by atoms with Gasteiger partial charge in [0.25, 0.3) is 0 Å². The van der Waals surface area contributed by atoms with E-state index in [1.807, 2.05) is 13.8 Å². The van der Waals surface area contributed by atoms with Gasteiger partial charge in [0.2, 0.25) is 15.9 Å². The largest absolute Gasteiger partial charge is 0.342 e. The van der Waals surface area contributed by atoms with Crippen molar-refractivity contribution in [2.45, 2.75) is 33.7 Å². The third-order valence-corrected chi connectivity index (χ3v) is 3.65. The molecule has 0 bridgehead atoms. The minimum Gasteiger partial charge on any atom is -0.342 e. The standard InChI is InChI=1S/C9H20N2O3S/c1-5-11(6-2)9(12)8(4)10-15(13,14)7-3/h8,10H,5-7H2,1-4H3. The Bertz CT molecular complexity index is 296. The van der Waals surface area contributed by atoms with Gasteiger partial charge in [-0.15, -0.1) is 0 Å². The third kappa shape index (κ3) is 4.61. The van der Waals surface area contributed by atoms with E-state index in [2.05, 4.69) is 4.72 Å². The number of nitrogens with zero attached hydrogens (tertiary/aromatic N) is 1. The van der Waals surface area contributed by atoms with Crippen molar-refractivity contribution in [1.82, 2.24) is 9.62 Å². The second kappa shape index (κ2) is 6.07. The summed E-state index contributed by atoms with van der Waals surface area (Å²) in [6.45, 7) is 8.01. The van der Waals surface area contributed by atoms with E-state index in [1.165, 1.54) is 6.92 Å². The normalized spacial score (nSPS) is 13.6. The first-order valence-corrected chi connectivity index (χ1v) is 6.81. The Morgan fingerprint density at radius 1 is 1.27 bits per heavy atom. The Morgan fingerprint density at radius 3 is 2.07 bits per heavy atom. The predicted molar refractivity (Wildman–Crippen MR) is 60.0 cm³/mol. The van der Waals surface area contributed by atoms with Gasteiger partial charge in [0.15, 0.2) is 0 Å². The third-order valence-electron chi connectivity index (χ3n) is 2.18. The molecular formula is C9H20N2O3S. The van der Waals surface area contributed by atoms with Gasteiger partial charge >= 0.3 is 0 Å². The van der Waals surface area contributed by atoms with Gasteiger partial charge in [-0.1, -0.05) is 0 Å². The monoisotopic (exact) mass is 236 g/mol. The summed E-state index contributed by atoms with van der Waals surface area (Å²) >= 11 is 0. The minimum absolute atomic E-state index is 0.0110. The molecule has 1 atom stereocenters. The highest BCUT2D eigenvalue weighted by molar-refractivity contribution is 7.89. The zero-order valence-electron chi connectivity index (χ0n) is 9.78. The van der Waals surface area contributed by atoms with Crippen LogP contribution in [0, 0.1) is 0 Å². The van der Waals surface area contributed by atoms with Crippen LogP contribution in [0.2, 0.25) is 0 Å². The number of hydrogen-bond acceptors (Lipinski definition) is 3. The fourth-order valence-electron chi connectivity index (χ4n) is 1.21. The first kappa shape index (κ1) is 14.4. The molecular weight excluding hydrogens is 216 g/mol. The van der Waals surface area contributed by atoms with Crippen molar-refractivity contribution >= 4 is 15.9 Å². The fraction of sp³-hybridized carbons (Fsp3) is 0.889. The molecule has 90 valence electrons. The minimum atomic E-state index is -3.31. The molecule has 0 saturated heterocycles. The zero-order chi connectivity index (χ0) is 12.1. The summed E-state index contributed by atoms with van der Waals surface area (Å²) in [7, 11) is -3.31. The molecule has 0 aliphatic heterocycles. The van der Waals surface area contributed by atoms with E-state index in [-0.39, 0.29) is 11.7 Å². The van der Waals surface area contributed by atoms with E-state index in [9.17, 15) is 13.2 Å². The highest BCUT2D eigenvalue weighted by atomic mass is 32.2. The first-order valence-electron chi connectivity index (χ1n) is 5.16. The number of sulfonamides is 1. The lowest BCUT2D eigenvalue weighted by Crippen LogP contribution is -2.47. The van der Waals surface area contributed by atoms with Gasteiger partial charge in [-0.2, -0.15) is 0 Å². The fourth-order valence-corrected chi connectivity index (χ4v) is 2.02. The van der Waals surface area contributed by atoms with Crippen molar-refractivity contribution < 1.29 is 13.2 Å². The topological polar surface area (TPSA) is 66.5 Å². The Morgan fingerprint density at radius 2 is 1.73 bits per heavy atom. The first-order chi connectivity index (χ1) is 6.87. The molecule has 1 N–H and O–H groups in total. The molecule has 0 aromatic heterocycles. The number of rotatable bonds is 6. The number of carbonyl (C=O) groups excluding carboxylic acids is 1. The van der Waals surface area contributed by atoms with Crippen molar-refractivity contribution in [1.29, 1.82) is 0 Å². The smallest absolute Gasteiger partial charge is 0.240 e. The van der Waals surface area contributed by atoms with E-state index in [0.717, 1.165) is 0 Å². The zero-order valence-corrected chi connectivity index (χ0v) is 10.6. The molecule has 0 fully saturated rings. The van der Waals surface area contributed by atoms with E-state index in [4.69, 9.17) is 0 Å². The molecule has 0 rings (SSSR count). The summed E-state index contributed by atoms with van der Waals surface area (Å²) in [6, 6.07) is -0.685. The molecule has 0 aromatic rings. The Kier molecular flexibility index (Phi) is 5.82. The molecule has 0 aromatic carbocycles. The lowest BCUT2D eigenvalue weighted by Gasteiger charge is -2.23. The molecule has 0 spiro atoms. The average Bonchev–Trinajstić information content (AvgIpc) is 2.19. The van der Waals surface area contributed by atoms with Gasteiger partial charge in [-0.05, 0) is 27.7 Å². The van der Waals surface area contributed by atoms with Crippen molar-refractivity contribution in [2.75, 3.05) is 18.8 Å². The molecule has 1 amide bonds. The summed E-state index contributed by atoms with van der Waals surface area (Å²) < 4.78 is 24.8. The summed E-state index contributed by atoms with van der Waals surface area (Å²) in [5.74, 6) is -0.194. The van der Waals surface area contributed by atoms with Crippen molar-refractivity contribution in [3.63, 3.8) is 0 Å². The maximum atomic E-state index is 11.7. The van der Waals surface area contributed by atoms with Gasteiger partial charge < -0.3 is 4.90 Å². The van der Waals surface area contributed by atoms with Crippen LogP contribution in [0.15, 0.2) is 0 Å². The summed E-state index contributed by atoms with van der Waals surface area (Å²) in [5.41, 5.74) is 0. The molecule has 1 unspecified atom stereocenters. The van der Waals surface area contributed by atoms with Crippen molar-refractivity contribution in [3.8, 4) is 0 Å². The second-order valence-electron chi connectivity index (χ2n) is 3.25. The predicted octanol–water partition coefficient (Wildman–Crippen LogP) is 0.183. The SMILES string of the molecule is CCN(CC)C(=O)C(C)NS(=O)(=O)CC. The van der Waals surface area contributed by atoms with Crippen molar-refractivity contribution in [3.05, 3.63) is 0 Å². The van der Waals surface area contributed by atoms with Gasteiger partial charge in [0.05, 0.1) is 11.8 Å². The van der Waals surface area contributed by atoms with Crippen molar-refractivity contribution in [2.24, 2.45) is 0 Å². The van der Waals surface area contributed by atoms with Crippen LogP contribution in [0.4, 0.5) is 0 Å². The van der Waals surface area contributed by atoms with Crippen LogP contribution in [-0.2, 0) is 14.8 Å². The highest BCUT2D eigenvalue weighted by Gasteiger charge is 2.21. The molecule has 0 radical (unpaired) electrons. The van der Waals surface area contributed by atoms with Crippen LogP contribution in [0.1, 0.15) is 27.7 Å². The molecule has 0 aliphatic rings. The number of carbonyl (C=O) groups is 1. The number of nitrogens with one attached hydrogen (secondary N) is 1. The van der Waals surface area contributed by atoms with Crippen LogP contribution < -0.4 is 4.72 Å². The van der Waals surface area contributed by atoms with E-state index >= 15 is 0 Å². The molecule has 6 heteroatoms. The maximum Gasteiger partial charge on any atom is 0.240 e. The second-order valence-corrected chi connectivity index (χ2v) is 5.30. The summed E-state index contributed by atoms with van der Waals surface area (Å²) in [4.78, 5) is 13.3. The van der Waals surface area contributed by atoms with Crippen LogP contribution >= 0.6 is 0 Å². The maximum absolute atomic E-state index is 11.7. The summed E-state index contributed by atoms with van der Waals surface area (Å²) in [5, 5.41) is 0. The lowest BCUT2D eigenvalue weighted by molar-refractivity contribution is -0.132. The highest BCUT2D eigenvalue weighted by Crippen LogP contribution is 1.97. The molecule has 5 nitrogen and oxygen atoms in total. The number of likely N-dealkylation sites (N-methyl/N-ethyl adjacent to an activating group) is 1. The average molecular weight is 236 g/mol. The van der Waals surface area contributed by atoms with E-state index < -0.39 is 16.1 Å². The Labute approximate surface area is 91.9 Å². The van der Waals surface area contributed by atoms with Gasteiger partial charge in [-0.3, -0.25) is 4.79 Å². The number of hydrogen-bond donors (Lipinski definition) is 1. The van der Waals surface area contributed by atoms with Gasteiger partial charge in [-0.25, -0.2) is 13.1 Å². The van der Waals surface area contributed by atoms with Crippen LogP contribution in [0.25, 0.3) is 0 Å². The summed E-state index contributed by atoms with van der Waals surface area (Å²) in [6.07, 6.45) is 0.